The van der Waals surface area contributed by atoms with Gasteiger partial charge in [0.2, 0.25) is 5.89 Å². The summed E-state index contributed by atoms with van der Waals surface area (Å²) < 4.78 is 5.50. The van der Waals surface area contributed by atoms with Gasteiger partial charge in [0.25, 0.3) is 0 Å². The number of aromatic nitrogens is 2. The molecule has 1 aromatic heterocycles. The van der Waals surface area contributed by atoms with Crippen LogP contribution in [0.3, 0.4) is 0 Å². The number of nitrogens with zero attached hydrogens (tertiary/aromatic N) is 2. The van der Waals surface area contributed by atoms with Crippen LogP contribution in [0.5, 0.6) is 0 Å². The topological polar surface area (TPSA) is 51.0 Å². The van der Waals surface area contributed by atoms with Gasteiger partial charge in [0, 0.05) is 17.5 Å². The number of anilines is 1. The largest absolute Gasteiger partial charge is 0.408 e. The Hall–Kier alpha value is -1.55. The first-order valence-corrected chi connectivity index (χ1v) is 6.83. The summed E-state index contributed by atoms with van der Waals surface area (Å²) in [5.74, 6) is 0.868. The van der Waals surface area contributed by atoms with Gasteiger partial charge >= 0.3 is 6.01 Å². The fourth-order valence-electron chi connectivity index (χ4n) is 1.84. The average Bonchev–Trinajstić information content (AvgIpc) is 2.86. The van der Waals surface area contributed by atoms with Gasteiger partial charge in [0.05, 0.1) is 0 Å². The van der Waals surface area contributed by atoms with Crippen molar-refractivity contribution in [2.24, 2.45) is 0 Å². The maximum absolute atomic E-state index is 6.22. The number of aryl methyl sites for hydroxylation is 1. The van der Waals surface area contributed by atoms with Crippen molar-refractivity contribution >= 4 is 17.6 Å². The Bertz CT molecular complexity index is 551. The van der Waals surface area contributed by atoms with Gasteiger partial charge in [-0.3, -0.25) is 0 Å². The van der Waals surface area contributed by atoms with Crippen molar-refractivity contribution in [3.05, 3.63) is 40.2 Å². The molecule has 102 valence electrons. The Morgan fingerprint density at radius 1 is 1.32 bits per heavy atom. The summed E-state index contributed by atoms with van der Waals surface area (Å²) in [6.45, 7) is 6.72. The summed E-state index contributed by atoms with van der Waals surface area (Å²) in [7, 11) is 0. The third-order valence-electron chi connectivity index (χ3n) is 2.95. The number of hydrogen-bond donors (Lipinski definition) is 1. The second-order valence-corrected chi connectivity index (χ2v) is 5.09. The summed E-state index contributed by atoms with van der Waals surface area (Å²) >= 11 is 6.22. The van der Waals surface area contributed by atoms with E-state index in [4.69, 9.17) is 16.0 Å². The molecular formula is C14H18ClN3O. The lowest BCUT2D eigenvalue weighted by Crippen LogP contribution is -2.03. The lowest BCUT2D eigenvalue weighted by atomic mass is 10.1. The molecule has 0 amide bonds. The Labute approximate surface area is 118 Å². The zero-order chi connectivity index (χ0) is 13.8. The van der Waals surface area contributed by atoms with Crippen molar-refractivity contribution < 1.29 is 4.42 Å². The van der Waals surface area contributed by atoms with E-state index in [0.29, 0.717) is 18.5 Å². The summed E-state index contributed by atoms with van der Waals surface area (Å²) in [4.78, 5) is 0. The average molecular weight is 280 g/mol. The van der Waals surface area contributed by atoms with Crippen molar-refractivity contribution in [1.82, 2.24) is 10.2 Å². The van der Waals surface area contributed by atoms with Gasteiger partial charge in [-0.05, 0) is 23.6 Å². The maximum Gasteiger partial charge on any atom is 0.315 e. The molecule has 2 aromatic rings. The molecule has 0 unspecified atom stereocenters. The minimum Gasteiger partial charge on any atom is -0.408 e. The van der Waals surface area contributed by atoms with E-state index in [1.54, 1.807) is 0 Å². The number of rotatable bonds is 5. The highest BCUT2D eigenvalue weighted by Gasteiger charge is 2.11. The van der Waals surface area contributed by atoms with Crippen LogP contribution in [-0.4, -0.2) is 10.2 Å². The van der Waals surface area contributed by atoms with Gasteiger partial charge in [-0.25, -0.2) is 0 Å². The smallest absolute Gasteiger partial charge is 0.315 e. The maximum atomic E-state index is 6.22. The molecule has 0 atom stereocenters. The van der Waals surface area contributed by atoms with E-state index < -0.39 is 0 Å². The first-order valence-electron chi connectivity index (χ1n) is 6.45. The van der Waals surface area contributed by atoms with Crippen molar-refractivity contribution in [2.45, 2.75) is 39.7 Å². The summed E-state index contributed by atoms with van der Waals surface area (Å²) in [5, 5.41) is 11.8. The van der Waals surface area contributed by atoms with Crippen molar-refractivity contribution in [2.75, 3.05) is 5.32 Å². The molecule has 2 rings (SSSR count). The van der Waals surface area contributed by atoms with Crippen LogP contribution >= 0.6 is 11.6 Å². The molecule has 0 bridgehead atoms. The normalized spacial score (nSPS) is 11.0. The Morgan fingerprint density at radius 3 is 2.74 bits per heavy atom. The SMILES string of the molecule is CCc1cccc(Cl)c1CNc1nnc(C(C)C)o1. The molecule has 0 fully saturated rings. The number of nitrogens with one attached hydrogen (secondary N) is 1. The highest BCUT2D eigenvalue weighted by molar-refractivity contribution is 6.31. The third-order valence-corrected chi connectivity index (χ3v) is 3.30. The van der Waals surface area contributed by atoms with Crippen LogP contribution in [0.25, 0.3) is 0 Å². The van der Waals surface area contributed by atoms with Gasteiger partial charge in [-0.15, -0.1) is 5.10 Å². The number of halogens is 1. The van der Waals surface area contributed by atoms with Crippen LogP contribution in [0.4, 0.5) is 6.01 Å². The highest BCUT2D eigenvalue weighted by atomic mass is 35.5. The van der Waals surface area contributed by atoms with Gasteiger partial charge in [0.1, 0.15) is 0 Å². The Kier molecular flexibility index (Phi) is 4.43. The molecule has 5 heteroatoms. The van der Waals surface area contributed by atoms with Crippen molar-refractivity contribution in [1.29, 1.82) is 0 Å². The molecule has 0 spiro atoms. The molecule has 0 saturated carbocycles. The van der Waals surface area contributed by atoms with Gasteiger partial charge in [-0.2, -0.15) is 0 Å². The quantitative estimate of drug-likeness (QED) is 0.898. The molecular weight excluding hydrogens is 262 g/mol. The molecule has 0 aliphatic heterocycles. The Morgan fingerprint density at radius 2 is 2.11 bits per heavy atom. The second-order valence-electron chi connectivity index (χ2n) is 4.68. The predicted molar refractivity (Wildman–Crippen MR) is 76.5 cm³/mol. The zero-order valence-corrected chi connectivity index (χ0v) is 12.2. The van der Waals surface area contributed by atoms with E-state index in [-0.39, 0.29) is 5.92 Å². The molecule has 4 nitrogen and oxygen atoms in total. The van der Waals surface area contributed by atoms with E-state index in [1.165, 1.54) is 5.56 Å². The first-order chi connectivity index (χ1) is 9.11. The van der Waals surface area contributed by atoms with E-state index in [2.05, 4.69) is 28.5 Å². The van der Waals surface area contributed by atoms with E-state index in [9.17, 15) is 0 Å². The molecule has 0 saturated heterocycles. The van der Waals surface area contributed by atoms with Gasteiger partial charge in [-0.1, -0.05) is 49.6 Å². The second kappa shape index (κ2) is 6.06. The van der Waals surface area contributed by atoms with E-state index in [0.717, 1.165) is 17.0 Å². The number of hydrogen-bond acceptors (Lipinski definition) is 4. The predicted octanol–water partition coefficient (Wildman–Crippen LogP) is 4.02. The standard InChI is InChI=1S/C14H18ClN3O/c1-4-10-6-5-7-12(15)11(10)8-16-14-18-17-13(19-14)9(2)3/h5-7,9H,4,8H2,1-3H3,(H,16,18). The summed E-state index contributed by atoms with van der Waals surface area (Å²) in [5.41, 5.74) is 2.31. The Balaban J connectivity index is 2.09. The fourth-order valence-corrected chi connectivity index (χ4v) is 2.10. The first kappa shape index (κ1) is 13.9. The van der Waals surface area contributed by atoms with Crippen LogP contribution in [-0.2, 0) is 13.0 Å². The number of benzene rings is 1. The van der Waals surface area contributed by atoms with Gasteiger partial charge < -0.3 is 9.73 Å². The van der Waals surface area contributed by atoms with Crippen LogP contribution in [0.2, 0.25) is 5.02 Å². The minimum atomic E-state index is 0.231. The minimum absolute atomic E-state index is 0.231. The molecule has 1 aromatic carbocycles. The lowest BCUT2D eigenvalue weighted by Gasteiger charge is -2.09. The fraction of sp³-hybridized carbons (Fsp3) is 0.429. The van der Waals surface area contributed by atoms with E-state index in [1.807, 2.05) is 26.0 Å². The molecule has 19 heavy (non-hydrogen) atoms. The molecule has 1 heterocycles. The molecule has 0 aliphatic carbocycles. The van der Waals surface area contributed by atoms with E-state index >= 15 is 0 Å². The third kappa shape index (κ3) is 3.26. The molecule has 0 aliphatic rings. The van der Waals surface area contributed by atoms with Gasteiger partial charge in [0.15, 0.2) is 0 Å². The van der Waals surface area contributed by atoms with Crippen LogP contribution in [0.15, 0.2) is 22.6 Å². The summed E-state index contributed by atoms with van der Waals surface area (Å²) in [6.07, 6.45) is 0.943. The highest BCUT2D eigenvalue weighted by Crippen LogP contribution is 2.22. The van der Waals surface area contributed by atoms with Crippen molar-refractivity contribution in [3.63, 3.8) is 0 Å². The van der Waals surface area contributed by atoms with Crippen LogP contribution < -0.4 is 5.32 Å². The van der Waals surface area contributed by atoms with Crippen LogP contribution in [0, 0.1) is 0 Å². The zero-order valence-electron chi connectivity index (χ0n) is 11.4. The summed E-state index contributed by atoms with van der Waals surface area (Å²) in [6, 6.07) is 6.38. The molecule has 1 N–H and O–H groups in total. The van der Waals surface area contributed by atoms with Crippen molar-refractivity contribution in [3.8, 4) is 0 Å². The molecule has 0 radical (unpaired) electrons. The monoisotopic (exact) mass is 279 g/mol. The van der Waals surface area contributed by atoms with Crippen LogP contribution in [0.1, 0.15) is 43.7 Å². The lowest BCUT2D eigenvalue weighted by molar-refractivity contribution is 0.480.